The highest BCUT2D eigenvalue weighted by Gasteiger charge is 2.29. The quantitative estimate of drug-likeness (QED) is 0.689. The third-order valence-electron chi connectivity index (χ3n) is 1.97. The van der Waals surface area contributed by atoms with E-state index < -0.39 is 11.7 Å². The fourth-order valence-corrected chi connectivity index (χ4v) is 0.802. The zero-order chi connectivity index (χ0) is 11.9. The smallest absolute Gasteiger partial charge is 0.382 e. The number of hydrogen-bond donors (Lipinski definition) is 0. The molecular formula is C10H17F3O2. The molecule has 1 unspecified atom stereocenters. The van der Waals surface area contributed by atoms with Gasteiger partial charge in [0.1, 0.15) is 0 Å². The van der Waals surface area contributed by atoms with E-state index in [2.05, 4.69) is 6.58 Å². The molecule has 0 aromatic rings. The van der Waals surface area contributed by atoms with Crippen molar-refractivity contribution in [2.45, 2.75) is 32.0 Å². The highest BCUT2D eigenvalue weighted by atomic mass is 19.4. The molecule has 0 bridgehead atoms. The second-order valence-corrected chi connectivity index (χ2v) is 3.19. The molecule has 0 amide bonds. The Morgan fingerprint density at radius 1 is 1.53 bits per heavy atom. The molecule has 0 N–H and O–H groups in total. The van der Waals surface area contributed by atoms with Gasteiger partial charge in [0.05, 0.1) is 12.7 Å². The minimum absolute atomic E-state index is 0.0243. The van der Waals surface area contributed by atoms with Crippen LogP contribution in [0, 0.1) is 0 Å². The summed E-state index contributed by atoms with van der Waals surface area (Å²) in [5.74, 6) is 0. The number of alkyl halides is 3. The van der Waals surface area contributed by atoms with E-state index in [-0.39, 0.29) is 6.42 Å². The van der Waals surface area contributed by atoms with E-state index in [9.17, 15) is 13.2 Å². The Kier molecular flexibility index (Phi) is 6.60. The van der Waals surface area contributed by atoms with E-state index >= 15 is 0 Å². The number of halogens is 3. The summed E-state index contributed by atoms with van der Waals surface area (Å²) in [5.41, 5.74) is -0.669. The first kappa shape index (κ1) is 14.5. The molecule has 1 aliphatic rings. The molecule has 0 spiro atoms. The van der Waals surface area contributed by atoms with Crippen LogP contribution in [0.5, 0.6) is 0 Å². The van der Waals surface area contributed by atoms with E-state index in [4.69, 9.17) is 9.47 Å². The van der Waals surface area contributed by atoms with Crippen molar-refractivity contribution in [3.8, 4) is 0 Å². The van der Waals surface area contributed by atoms with Gasteiger partial charge in [-0.2, -0.15) is 13.2 Å². The number of methoxy groups -OCH3 is 1. The van der Waals surface area contributed by atoms with Crippen LogP contribution >= 0.6 is 0 Å². The lowest BCUT2D eigenvalue weighted by atomic mass is 10.2. The van der Waals surface area contributed by atoms with Crippen LogP contribution in [0.3, 0.4) is 0 Å². The molecule has 0 aromatic carbocycles. The second kappa shape index (κ2) is 6.85. The maximum Gasteiger partial charge on any atom is 0.412 e. The summed E-state index contributed by atoms with van der Waals surface area (Å²) in [5, 5.41) is 0. The van der Waals surface area contributed by atoms with Crippen LogP contribution in [0.4, 0.5) is 13.2 Å². The van der Waals surface area contributed by atoms with Gasteiger partial charge in [-0.05, 0) is 12.8 Å². The molecule has 1 aliphatic heterocycles. The van der Waals surface area contributed by atoms with E-state index in [1.54, 1.807) is 7.11 Å². The Labute approximate surface area is 88.1 Å². The number of ether oxygens (including phenoxy) is 2. The van der Waals surface area contributed by atoms with Gasteiger partial charge in [0.2, 0.25) is 0 Å². The second-order valence-electron chi connectivity index (χ2n) is 3.19. The molecule has 0 radical (unpaired) electrons. The van der Waals surface area contributed by atoms with Crippen LogP contribution in [0.2, 0.25) is 0 Å². The van der Waals surface area contributed by atoms with E-state index in [0.717, 1.165) is 13.2 Å². The predicted molar refractivity (Wildman–Crippen MR) is 51.7 cm³/mol. The van der Waals surface area contributed by atoms with Gasteiger partial charge in [0, 0.05) is 19.3 Å². The summed E-state index contributed by atoms with van der Waals surface area (Å²) in [4.78, 5) is 0. The van der Waals surface area contributed by atoms with Crippen molar-refractivity contribution >= 4 is 0 Å². The van der Waals surface area contributed by atoms with Gasteiger partial charge in [-0.15, -0.1) is 0 Å². The largest absolute Gasteiger partial charge is 0.412 e. The first-order chi connectivity index (χ1) is 6.91. The van der Waals surface area contributed by atoms with Gasteiger partial charge in [0.15, 0.2) is 0 Å². The Bertz CT molecular complexity index is 186. The first-order valence-electron chi connectivity index (χ1n) is 4.77. The van der Waals surface area contributed by atoms with Gasteiger partial charge in [0.25, 0.3) is 0 Å². The van der Waals surface area contributed by atoms with Crippen molar-refractivity contribution in [3.63, 3.8) is 0 Å². The maximum atomic E-state index is 11.3. The number of allylic oxidation sites excluding steroid dienone is 1. The molecule has 1 rings (SSSR count). The normalized spacial score (nSPS) is 19.9. The standard InChI is InChI=1S/C5H7F3.C5H10O2/c1-3-4(2)5(6,7)8;1-6-4-5-2-3-7-5/h2-3H2,1H3;5H,2-4H2,1H3. The SMILES string of the molecule is C=C(CC)C(F)(F)F.COCC1CCO1. The topological polar surface area (TPSA) is 18.5 Å². The number of rotatable bonds is 3. The van der Waals surface area contributed by atoms with Crippen molar-refractivity contribution in [1.82, 2.24) is 0 Å². The average Bonchev–Trinajstić information content (AvgIpc) is 2.09. The monoisotopic (exact) mass is 226 g/mol. The van der Waals surface area contributed by atoms with Crippen molar-refractivity contribution < 1.29 is 22.6 Å². The van der Waals surface area contributed by atoms with Crippen LogP contribution < -0.4 is 0 Å². The van der Waals surface area contributed by atoms with E-state index in [1.807, 2.05) is 0 Å². The summed E-state index contributed by atoms with van der Waals surface area (Å²) in [6.45, 7) is 5.93. The Morgan fingerprint density at radius 3 is 2.13 bits per heavy atom. The molecule has 1 atom stereocenters. The molecule has 0 saturated carbocycles. The molecule has 1 saturated heterocycles. The average molecular weight is 226 g/mol. The van der Waals surface area contributed by atoms with Gasteiger partial charge < -0.3 is 9.47 Å². The summed E-state index contributed by atoms with van der Waals surface area (Å²) in [6.07, 6.45) is -2.63. The Morgan fingerprint density at radius 2 is 2.07 bits per heavy atom. The third kappa shape index (κ3) is 6.52. The van der Waals surface area contributed by atoms with Gasteiger partial charge in [-0.3, -0.25) is 0 Å². The molecule has 90 valence electrons. The molecular weight excluding hydrogens is 209 g/mol. The highest BCUT2D eigenvalue weighted by Crippen LogP contribution is 2.25. The summed E-state index contributed by atoms with van der Waals surface area (Å²) in [7, 11) is 1.70. The molecule has 1 fully saturated rings. The molecule has 0 aliphatic carbocycles. The van der Waals surface area contributed by atoms with Crippen LogP contribution in [0.25, 0.3) is 0 Å². The summed E-state index contributed by atoms with van der Waals surface area (Å²) >= 11 is 0. The molecule has 5 heteroatoms. The van der Waals surface area contributed by atoms with E-state index in [0.29, 0.717) is 6.10 Å². The molecule has 1 heterocycles. The summed E-state index contributed by atoms with van der Waals surface area (Å²) in [6, 6.07) is 0. The fourth-order valence-electron chi connectivity index (χ4n) is 0.802. The predicted octanol–water partition coefficient (Wildman–Crippen LogP) is 2.94. The minimum Gasteiger partial charge on any atom is -0.382 e. The number of hydrogen-bond acceptors (Lipinski definition) is 2. The fraction of sp³-hybridized carbons (Fsp3) is 0.800. The van der Waals surface area contributed by atoms with Crippen molar-refractivity contribution in [3.05, 3.63) is 12.2 Å². The summed E-state index contributed by atoms with van der Waals surface area (Å²) < 4.78 is 43.9. The lowest BCUT2D eigenvalue weighted by Gasteiger charge is -2.24. The van der Waals surface area contributed by atoms with Crippen molar-refractivity contribution in [1.29, 1.82) is 0 Å². The van der Waals surface area contributed by atoms with Crippen LogP contribution in [0.15, 0.2) is 12.2 Å². The Hall–Kier alpha value is -0.550. The van der Waals surface area contributed by atoms with E-state index in [1.165, 1.54) is 13.3 Å². The van der Waals surface area contributed by atoms with Gasteiger partial charge in [-0.25, -0.2) is 0 Å². The van der Waals surface area contributed by atoms with Crippen molar-refractivity contribution in [2.24, 2.45) is 0 Å². The highest BCUT2D eigenvalue weighted by molar-refractivity contribution is 5.00. The zero-order valence-electron chi connectivity index (χ0n) is 9.06. The van der Waals surface area contributed by atoms with Crippen LogP contribution in [0.1, 0.15) is 19.8 Å². The minimum atomic E-state index is -4.19. The molecule has 0 aromatic heterocycles. The van der Waals surface area contributed by atoms with Crippen molar-refractivity contribution in [2.75, 3.05) is 20.3 Å². The molecule has 2 nitrogen and oxygen atoms in total. The molecule has 15 heavy (non-hydrogen) atoms. The first-order valence-corrected chi connectivity index (χ1v) is 4.77. The lowest BCUT2D eigenvalue weighted by Crippen LogP contribution is -2.30. The zero-order valence-corrected chi connectivity index (χ0v) is 9.06. The Balaban J connectivity index is 0.000000262. The third-order valence-corrected chi connectivity index (χ3v) is 1.97. The van der Waals surface area contributed by atoms with Gasteiger partial charge in [-0.1, -0.05) is 13.5 Å². The van der Waals surface area contributed by atoms with Crippen LogP contribution in [-0.4, -0.2) is 32.6 Å². The van der Waals surface area contributed by atoms with Gasteiger partial charge >= 0.3 is 6.18 Å². The lowest BCUT2D eigenvalue weighted by molar-refractivity contribution is -0.0931. The maximum absolute atomic E-state index is 11.3. The van der Waals surface area contributed by atoms with Crippen LogP contribution in [-0.2, 0) is 9.47 Å².